The Bertz CT molecular complexity index is 207. The van der Waals surface area contributed by atoms with Crippen molar-refractivity contribution in [3.8, 4) is 0 Å². The second kappa shape index (κ2) is 2.64. The number of rotatable bonds is 2. The molecule has 0 amide bonds. The smallest absolute Gasteiger partial charge is 0.244 e. The Morgan fingerprint density at radius 3 is 2.78 bits per heavy atom. The summed E-state index contributed by atoms with van der Waals surface area (Å²) in [6.45, 7) is 0. The quantitative estimate of drug-likeness (QED) is 0.669. The van der Waals surface area contributed by atoms with Gasteiger partial charge in [-0.25, -0.2) is 0 Å². The Morgan fingerprint density at radius 1 is 1.67 bits per heavy atom. The second-order valence-corrected chi connectivity index (χ2v) is 2.60. The van der Waals surface area contributed by atoms with Crippen LogP contribution in [0.15, 0.2) is 12.1 Å². The summed E-state index contributed by atoms with van der Waals surface area (Å²) in [4.78, 5) is 10.6. The van der Waals surface area contributed by atoms with E-state index in [1.165, 1.54) is 11.3 Å². The van der Waals surface area contributed by atoms with E-state index in [0.29, 0.717) is 4.88 Å². The zero-order valence-corrected chi connectivity index (χ0v) is 5.79. The Balaban J connectivity index is 2.86. The van der Waals surface area contributed by atoms with Crippen LogP contribution in [0.1, 0.15) is 4.88 Å². The predicted octanol–water partition coefficient (Wildman–Crippen LogP) is 1.25. The molecule has 0 saturated heterocycles. The highest BCUT2D eigenvalue weighted by Gasteiger charge is 1.94. The van der Waals surface area contributed by atoms with Crippen LogP contribution in [0, 0.1) is 0 Å². The average Bonchev–Trinajstić information content (AvgIpc) is 2.34. The Hall–Kier alpha value is -0.830. The molecule has 1 aromatic heterocycles. The summed E-state index contributed by atoms with van der Waals surface area (Å²) in [5, 5.41) is 3.92. The van der Waals surface area contributed by atoms with E-state index in [0.717, 1.165) is 5.00 Å². The van der Waals surface area contributed by atoms with Crippen molar-refractivity contribution >= 4 is 22.6 Å². The Kier molecular flexibility index (Phi) is 1.85. The third-order valence-electron chi connectivity index (χ3n) is 0.953. The van der Waals surface area contributed by atoms with E-state index in [4.69, 9.17) is 0 Å². The second-order valence-electron chi connectivity index (χ2n) is 1.52. The third kappa shape index (κ3) is 1.29. The van der Waals surface area contributed by atoms with Gasteiger partial charge in [-0.1, -0.05) is 0 Å². The first-order valence-electron chi connectivity index (χ1n) is 2.52. The summed E-state index contributed by atoms with van der Waals surface area (Å²) in [6, 6.07) is 3.59. The number of anilines is 1. The number of hydrogen-bond donors (Lipinski definition) is 1. The van der Waals surface area contributed by atoms with Crippen LogP contribution in [0.2, 0.25) is 0 Å². The molecule has 0 unspecified atom stereocenters. The van der Waals surface area contributed by atoms with Gasteiger partial charge in [0.15, 0.2) is 0 Å². The van der Waals surface area contributed by atoms with Crippen LogP contribution in [-0.2, 0) is 4.79 Å². The van der Waals surface area contributed by atoms with Gasteiger partial charge < -0.3 is 5.32 Å². The fraction of sp³-hybridized carbons (Fsp3) is 0.167. The van der Waals surface area contributed by atoms with Crippen LogP contribution >= 0.6 is 11.3 Å². The predicted molar refractivity (Wildman–Crippen MR) is 38.7 cm³/mol. The van der Waals surface area contributed by atoms with Crippen molar-refractivity contribution in [1.82, 2.24) is 0 Å². The maximum absolute atomic E-state index is 9.99. The molecule has 1 aromatic rings. The van der Waals surface area contributed by atoms with Crippen LogP contribution in [0.5, 0.6) is 0 Å². The summed E-state index contributed by atoms with van der Waals surface area (Å²) in [5.74, 6) is 0. The molecule has 1 N–H and O–H groups in total. The van der Waals surface area contributed by atoms with E-state index < -0.39 is 0 Å². The summed E-state index contributed by atoms with van der Waals surface area (Å²) < 4.78 is 0. The minimum Gasteiger partial charge on any atom is -0.380 e. The molecule has 2 nitrogen and oxygen atoms in total. The molecule has 0 aliphatic heterocycles. The standard InChI is InChI=1S/C6H6NOS/c1-7-6-3-2-5(4-8)9-6/h2-3,7H,1H3. The van der Waals surface area contributed by atoms with E-state index in [-0.39, 0.29) is 0 Å². The van der Waals surface area contributed by atoms with Gasteiger partial charge in [0.25, 0.3) is 0 Å². The first-order chi connectivity index (χ1) is 4.36. The highest BCUT2D eigenvalue weighted by atomic mass is 32.1. The monoisotopic (exact) mass is 140 g/mol. The zero-order chi connectivity index (χ0) is 6.69. The molecular weight excluding hydrogens is 134 g/mol. The molecular formula is C6H6NOS. The van der Waals surface area contributed by atoms with E-state index in [9.17, 15) is 4.79 Å². The Labute approximate surface area is 57.5 Å². The summed E-state index contributed by atoms with van der Waals surface area (Å²) in [6.07, 6.45) is 1.81. The molecule has 0 aliphatic rings. The molecule has 0 spiro atoms. The molecule has 0 atom stereocenters. The van der Waals surface area contributed by atoms with Crippen LogP contribution in [0.25, 0.3) is 0 Å². The lowest BCUT2D eigenvalue weighted by Crippen LogP contribution is -1.79. The first-order valence-corrected chi connectivity index (χ1v) is 3.34. The van der Waals surface area contributed by atoms with Crippen LogP contribution in [0.3, 0.4) is 0 Å². The molecule has 9 heavy (non-hydrogen) atoms. The van der Waals surface area contributed by atoms with Gasteiger partial charge >= 0.3 is 0 Å². The van der Waals surface area contributed by atoms with Crippen molar-refractivity contribution in [1.29, 1.82) is 0 Å². The first kappa shape index (κ1) is 6.29. The number of nitrogens with one attached hydrogen (secondary N) is 1. The van der Waals surface area contributed by atoms with Gasteiger partial charge in [0, 0.05) is 7.05 Å². The third-order valence-corrected chi connectivity index (χ3v) is 1.95. The van der Waals surface area contributed by atoms with E-state index in [1.807, 2.05) is 19.4 Å². The van der Waals surface area contributed by atoms with Crippen molar-refractivity contribution in [2.75, 3.05) is 12.4 Å². The lowest BCUT2D eigenvalue weighted by molar-refractivity contribution is 0.563. The minimum absolute atomic E-state index is 0.638. The number of thiophene rings is 1. The Morgan fingerprint density at radius 2 is 2.44 bits per heavy atom. The van der Waals surface area contributed by atoms with Gasteiger partial charge in [0.1, 0.15) is 0 Å². The highest BCUT2D eigenvalue weighted by molar-refractivity contribution is 7.17. The van der Waals surface area contributed by atoms with Gasteiger partial charge in [-0.15, -0.1) is 11.3 Å². The average molecular weight is 140 g/mol. The molecule has 47 valence electrons. The molecule has 0 aliphatic carbocycles. The fourth-order valence-corrected chi connectivity index (χ4v) is 1.18. The van der Waals surface area contributed by atoms with Crippen molar-refractivity contribution in [2.24, 2.45) is 0 Å². The van der Waals surface area contributed by atoms with Crippen LogP contribution in [-0.4, -0.2) is 13.3 Å². The van der Waals surface area contributed by atoms with Gasteiger partial charge in [-0.3, -0.25) is 4.79 Å². The van der Waals surface area contributed by atoms with Crippen molar-refractivity contribution in [2.45, 2.75) is 0 Å². The van der Waals surface area contributed by atoms with E-state index in [2.05, 4.69) is 5.32 Å². The van der Waals surface area contributed by atoms with Crippen LogP contribution < -0.4 is 5.32 Å². The molecule has 1 radical (unpaired) electrons. The number of hydrogen-bond acceptors (Lipinski definition) is 3. The van der Waals surface area contributed by atoms with E-state index in [1.54, 1.807) is 6.07 Å². The molecule has 0 bridgehead atoms. The van der Waals surface area contributed by atoms with E-state index >= 15 is 0 Å². The van der Waals surface area contributed by atoms with Gasteiger partial charge in [0.05, 0.1) is 9.88 Å². The lowest BCUT2D eigenvalue weighted by atomic mass is 10.5. The minimum atomic E-state index is 0.638. The summed E-state index contributed by atoms with van der Waals surface area (Å²) >= 11 is 1.40. The van der Waals surface area contributed by atoms with Crippen molar-refractivity contribution in [3.63, 3.8) is 0 Å². The topological polar surface area (TPSA) is 29.1 Å². The molecule has 0 fully saturated rings. The van der Waals surface area contributed by atoms with Crippen LogP contribution in [0.4, 0.5) is 5.00 Å². The largest absolute Gasteiger partial charge is 0.380 e. The van der Waals surface area contributed by atoms with Crippen molar-refractivity contribution in [3.05, 3.63) is 17.0 Å². The molecule has 0 saturated carbocycles. The molecule has 1 rings (SSSR count). The molecule has 3 heteroatoms. The van der Waals surface area contributed by atoms with Gasteiger partial charge in [-0.2, -0.15) is 0 Å². The summed E-state index contributed by atoms with van der Waals surface area (Å²) in [7, 11) is 1.82. The number of carbonyl (C=O) groups excluding carboxylic acids is 1. The zero-order valence-electron chi connectivity index (χ0n) is 4.97. The summed E-state index contributed by atoms with van der Waals surface area (Å²) in [5.41, 5.74) is 0. The van der Waals surface area contributed by atoms with Gasteiger partial charge in [-0.05, 0) is 12.1 Å². The SMILES string of the molecule is CNc1ccc([C]=O)s1. The lowest BCUT2D eigenvalue weighted by Gasteiger charge is -1.86. The molecule has 0 aromatic carbocycles. The maximum Gasteiger partial charge on any atom is 0.244 e. The van der Waals surface area contributed by atoms with Gasteiger partial charge in [0.2, 0.25) is 6.29 Å². The molecule has 1 heterocycles. The van der Waals surface area contributed by atoms with Crippen molar-refractivity contribution < 1.29 is 4.79 Å². The highest BCUT2D eigenvalue weighted by Crippen LogP contribution is 2.18. The normalized spacial score (nSPS) is 9.00. The maximum atomic E-state index is 9.99. The fourth-order valence-electron chi connectivity index (χ4n) is 0.527.